The number of nitro groups is 1. The van der Waals surface area contributed by atoms with E-state index in [4.69, 9.17) is 0 Å². The van der Waals surface area contributed by atoms with Gasteiger partial charge in [0.25, 0.3) is 11.6 Å². The van der Waals surface area contributed by atoms with Gasteiger partial charge in [-0.2, -0.15) is 0 Å². The fraction of sp³-hybridized carbons (Fsp3) is 0.400. The van der Waals surface area contributed by atoms with Gasteiger partial charge in [0, 0.05) is 50.5 Å². The third-order valence-electron chi connectivity index (χ3n) is 5.44. The largest absolute Gasteiger partial charge is 0.335 e. The number of nitrogens with zero attached hydrogens (tertiary/aromatic N) is 4. The predicted octanol–water partition coefficient (Wildman–Crippen LogP) is 2.39. The van der Waals surface area contributed by atoms with Crippen molar-refractivity contribution in [2.45, 2.75) is 12.8 Å². The van der Waals surface area contributed by atoms with E-state index in [-0.39, 0.29) is 24.0 Å². The molecule has 0 N–H and O–H groups in total. The summed E-state index contributed by atoms with van der Waals surface area (Å²) in [5, 5.41) is 12.9. The second kappa shape index (κ2) is 8.30. The Hall–Kier alpha value is -2.78. The fourth-order valence-corrected chi connectivity index (χ4v) is 4.59. The quantitative estimate of drug-likeness (QED) is 0.566. The first-order chi connectivity index (χ1) is 14.0. The number of non-ortho nitro benzene ring substituents is 1. The molecule has 1 saturated heterocycles. The van der Waals surface area contributed by atoms with Crippen molar-refractivity contribution in [2.24, 2.45) is 0 Å². The number of aryl methyl sites for hydroxylation is 1. The first-order valence-electron chi connectivity index (χ1n) is 9.66. The summed E-state index contributed by atoms with van der Waals surface area (Å²) >= 11 is 1.44. The normalized spacial score (nSPS) is 17.1. The second-order valence-corrected chi connectivity index (χ2v) is 8.21. The number of anilines is 1. The first-order valence-corrected chi connectivity index (χ1v) is 10.5. The van der Waals surface area contributed by atoms with E-state index in [0.29, 0.717) is 32.7 Å². The highest BCUT2D eigenvalue weighted by molar-refractivity contribution is 7.12. The summed E-state index contributed by atoms with van der Waals surface area (Å²) in [4.78, 5) is 42.4. The third kappa shape index (κ3) is 4.15. The van der Waals surface area contributed by atoms with Gasteiger partial charge in [-0.3, -0.25) is 24.6 Å². The number of amides is 2. The maximum Gasteiger partial charge on any atom is 0.269 e. The topological polar surface area (TPSA) is 87.0 Å². The van der Waals surface area contributed by atoms with Gasteiger partial charge in [-0.1, -0.05) is 6.07 Å². The molecule has 9 heteroatoms. The summed E-state index contributed by atoms with van der Waals surface area (Å²) in [5.41, 5.74) is 1.69. The van der Waals surface area contributed by atoms with Gasteiger partial charge >= 0.3 is 0 Å². The van der Waals surface area contributed by atoms with Crippen LogP contribution in [0.1, 0.15) is 21.7 Å². The van der Waals surface area contributed by atoms with Crippen LogP contribution in [-0.2, 0) is 11.2 Å². The van der Waals surface area contributed by atoms with Crippen LogP contribution in [0.25, 0.3) is 0 Å². The number of thiophene rings is 1. The molecule has 0 spiro atoms. The van der Waals surface area contributed by atoms with E-state index in [2.05, 4.69) is 4.90 Å². The van der Waals surface area contributed by atoms with Crippen molar-refractivity contribution in [1.29, 1.82) is 0 Å². The van der Waals surface area contributed by atoms with E-state index in [1.165, 1.54) is 17.4 Å². The smallest absolute Gasteiger partial charge is 0.269 e. The summed E-state index contributed by atoms with van der Waals surface area (Å²) in [6.45, 7) is 3.44. The molecule has 8 nitrogen and oxygen atoms in total. The molecule has 2 aliphatic rings. The van der Waals surface area contributed by atoms with Crippen molar-refractivity contribution in [1.82, 2.24) is 9.80 Å². The first kappa shape index (κ1) is 19.5. The number of benzene rings is 1. The van der Waals surface area contributed by atoms with Crippen molar-refractivity contribution in [3.05, 3.63) is 56.3 Å². The molecule has 0 bridgehead atoms. The van der Waals surface area contributed by atoms with Crippen LogP contribution in [-0.4, -0.2) is 65.8 Å². The van der Waals surface area contributed by atoms with Gasteiger partial charge < -0.3 is 9.80 Å². The molecule has 1 aromatic carbocycles. The number of carbonyl (C=O) groups is 2. The molecule has 152 valence electrons. The summed E-state index contributed by atoms with van der Waals surface area (Å²) in [6, 6.07) is 8.42. The minimum absolute atomic E-state index is 0.00200. The molecule has 0 radical (unpaired) electrons. The fourth-order valence-electron chi connectivity index (χ4n) is 3.90. The van der Waals surface area contributed by atoms with Gasteiger partial charge in [0.05, 0.1) is 16.3 Å². The summed E-state index contributed by atoms with van der Waals surface area (Å²) in [5.74, 6) is 0.0513. The number of carbonyl (C=O) groups excluding carboxylic acids is 2. The SMILES string of the molecule is O=C(c1cccs1)N1CCN(CC(=O)N2CCCc3cc([N+](=O)[O-])ccc32)CC1. The molecular formula is C20H22N4O4S. The van der Waals surface area contributed by atoms with Gasteiger partial charge in [-0.25, -0.2) is 0 Å². The molecule has 4 rings (SSSR count). The van der Waals surface area contributed by atoms with Crippen molar-refractivity contribution in [3.8, 4) is 0 Å². The number of hydrogen-bond donors (Lipinski definition) is 0. The summed E-state index contributed by atoms with van der Waals surface area (Å²) in [7, 11) is 0. The molecule has 3 heterocycles. The van der Waals surface area contributed by atoms with Gasteiger partial charge in [0.2, 0.25) is 5.91 Å². The highest BCUT2D eigenvalue weighted by atomic mass is 32.1. The van der Waals surface area contributed by atoms with Gasteiger partial charge in [0.1, 0.15) is 0 Å². The average Bonchev–Trinajstić information content (AvgIpc) is 3.27. The van der Waals surface area contributed by atoms with Crippen LogP contribution >= 0.6 is 11.3 Å². The zero-order valence-corrected chi connectivity index (χ0v) is 16.8. The molecule has 0 saturated carbocycles. The summed E-state index contributed by atoms with van der Waals surface area (Å²) in [6.07, 6.45) is 1.54. The van der Waals surface area contributed by atoms with Crippen LogP contribution in [0.4, 0.5) is 11.4 Å². The molecule has 2 aliphatic heterocycles. The average molecular weight is 414 g/mol. The van der Waals surface area contributed by atoms with E-state index < -0.39 is 4.92 Å². The molecule has 0 atom stereocenters. The number of hydrogen-bond acceptors (Lipinski definition) is 6. The maximum atomic E-state index is 12.9. The van der Waals surface area contributed by atoms with E-state index in [9.17, 15) is 19.7 Å². The van der Waals surface area contributed by atoms with Gasteiger partial charge in [-0.05, 0) is 35.9 Å². The van der Waals surface area contributed by atoms with Crippen LogP contribution in [0.3, 0.4) is 0 Å². The molecule has 2 aromatic rings. The Balaban J connectivity index is 1.36. The molecule has 1 fully saturated rings. The lowest BCUT2D eigenvalue weighted by molar-refractivity contribution is -0.384. The van der Waals surface area contributed by atoms with Crippen molar-refractivity contribution in [2.75, 3.05) is 44.2 Å². The van der Waals surface area contributed by atoms with Crippen molar-refractivity contribution >= 4 is 34.5 Å². The van der Waals surface area contributed by atoms with E-state index in [1.807, 2.05) is 22.4 Å². The van der Waals surface area contributed by atoms with Crippen LogP contribution in [0.5, 0.6) is 0 Å². The second-order valence-electron chi connectivity index (χ2n) is 7.26. The number of nitro benzene ring substituents is 1. The maximum absolute atomic E-state index is 12.9. The van der Waals surface area contributed by atoms with E-state index in [1.54, 1.807) is 17.0 Å². The summed E-state index contributed by atoms with van der Waals surface area (Å²) < 4.78 is 0. The highest BCUT2D eigenvalue weighted by Crippen LogP contribution is 2.30. The highest BCUT2D eigenvalue weighted by Gasteiger charge is 2.28. The third-order valence-corrected chi connectivity index (χ3v) is 6.30. The number of fused-ring (bicyclic) bond motifs is 1. The van der Waals surface area contributed by atoms with Gasteiger partial charge in [0.15, 0.2) is 0 Å². The minimum atomic E-state index is -0.405. The number of rotatable bonds is 4. The van der Waals surface area contributed by atoms with Gasteiger partial charge in [-0.15, -0.1) is 11.3 Å². The molecular weight excluding hydrogens is 392 g/mol. The zero-order valence-electron chi connectivity index (χ0n) is 16.0. The molecule has 29 heavy (non-hydrogen) atoms. The van der Waals surface area contributed by atoms with E-state index >= 15 is 0 Å². The zero-order chi connectivity index (χ0) is 20.4. The van der Waals surface area contributed by atoms with Crippen LogP contribution in [0.2, 0.25) is 0 Å². The Morgan fingerprint density at radius 3 is 2.59 bits per heavy atom. The molecule has 0 unspecified atom stereocenters. The van der Waals surface area contributed by atoms with Crippen molar-refractivity contribution in [3.63, 3.8) is 0 Å². The standard InChI is InChI=1S/C20H22N4O4S/c25-19(23-7-1-3-15-13-16(24(27)28)5-6-17(15)23)14-21-8-10-22(11-9-21)20(26)18-4-2-12-29-18/h2,4-6,12-13H,1,3,7-11,14H2. The van der Waals surface area contributed by atoms with E-state index in [0.717, 1.165) is 29.0 Å². The number of piperazine rings is 1. The van der Waals surface area contributed by atoms with Crippen LogP contribution in [0, 0.1) is 10.1 Å². The monoisotopic (exact) mass is 414 g/mol. The minimum Gasteiger partial charge on any atom is -0.335 e. The Morgan fingerprint density at radius 1 is 1.10 bits per heavy atom. The lowest BCUT2D eigenvalue weighted by Gasteiger charge is -2.36. The molecule has 2 amide bonds. The Bertz CT molecular complexity index is 923. The van der Waals surface area contributed by atoms with Crippen molar-refractivity contribution < 1.29 is 14.5 Å². The molecule has 1 aromatic heterocycles. The molecule has 0 aliphatic carbocycles. The Kier molecular flexibility index (Phi) is 5.59. The predicted molar refractivity (Wildman–Crippen MR) is 110 cm³/mol. The van der Waals surface area contributed by atoms with Crippen LogP contribution < -0.4 is 4.90 Å². The Morgan fingerprint density at radius 2 is 1.90 bits per heavy atom. The lowest BCUT2D eigenvalue weighted by atomic mass is 10.0. The Labute approximate surface area is 172 Å². The van der Waals surface area contributed by atoms with Crippen LogP contribution in [0.15, 0.2) is 35.7 Å². The lowest BCUT2D eigenvalue weighted by Crippen LogP contribution is -2.52.